The minimum Gasteiger partial charge on any atom is -0.360 e. The fourth-order valence-electron chi connectivity index (χ4n) is 2.46. The molecule has 0 atom stereocenters. The molecule has 0 amide bonds. The lowest BCUT2D eigenvalue weighted by Gasteiger charge is -2.08. The maximum Gasteiger partial charge on any atom is 0.417 e. The van der Waals surface area contributed by atoms with E-state index in [0.717, 1.165) is 29.6 Å². The van der Waals surface area contributed by atoms with E-state index in [-0.39, 0.29) is 15.8 Å². The Kier molecular flexibility index (Phi) is 4.98. The number of nitrogens with zero attached hydrogens (tertiary/aromatic N) is 4. The third-order valence-electron chi connectivity index (χ3n) is 3.80. The van der Waals surface area contributed by atoms with Crippen LogP contribution < -0.4 is 0 Å². The molecule has 3 aromatic heterocycles. The number of thioether (sulfide) groups is 1. The molecule has 0 aliphatic rings. The van der Waals surface area contributed by atoms with Gasteiger partial charge in [0.2, 0.25) is 0 Å². The Balaban J connectivity index is 1.56. The van der Waals surface area contributed by atoms with Crippen molar-refractivity contribution >= 4 is 40.6 Å². The molecule has 144 valence electrons. The third-order valence-corrected chi connectivity index (χ3v) is 5.29. The first-order valence-corrected chi connectivity index (χ1v) is 9.51. The Bertz CT molecular complexity index is 1140. The molecule has 5 nitrogen and oxygen atoms in total. The predicted molar refractivity (Wildman–Crippen MR) is 99.5 cm³/mol. The van der Waals surface area contributed by atoms with E-state index in [9.17, 15) is 13.2 Å². The van der Waals surface area contributed by atoms with Gasteiger partial charge in [-0.25, -0.2) is 0 Å². The minimum atomic E-state index is -4.53. The fourth-order valence-corrected chi connectivity index (χ4v) is 3.62. The molecular formula is C17H9Cl2F3N4OS. The minimum absolute atomic E-state index is 0.126. The quantitative estimate of drug-likeness (QED) is 0.361. The summed E-state index contributed by atoms with van der Waals surface area (Å²) in [6.45, 7) is 0. The number of alkyl halides is 3. The molecule has 0 aliphatic carbocycles. The van der Waals surface area contributed by atoms with Crippen LogP contribution in [0.1, 0.15) is 11.3 Å². The molecule has 3 heterocycles. The van der Waals surface area contributed by atoms with Gasteiger partial charge >= 0.3 is 6.18 Å². The van der Waals surface area contributed by atoms with Crippen molar-refractivity contribution in [1.29, 1.82) is 0 Å². The number of fused-ring (bicyclic) bond motifs is 1. The molecule has 0 radical (unpaired) electrons. The van der Waals surface area contributed by atoms with Gasteiger partial charge in [0.05, 0.1) is 16.3 Å². The molecule has 4 rings (SSSR count). The van der Waals surface area contributed by atoms with E-state index in [4.69, 9.17) is 27.7 Å². The van der Waals surface area contributed by atoms with E-state index < -0.39 is 11.7 Å². The molecule has 28 heavy (non-hydrogen) atoms. The van der Waals surface area contributed by atoms with Crippen LogP contribution in [0, 0.1) is 0 Å². The standard InChI is InChI=1S/C17H9Cl2F3N4OS/c18-11-3-1-9(2-4-11)14-6-12(27-25-14)8-28-16-24-23-15-13(19)5-10(7-26(15)16)17(20,21)22/h1-7H,8H2. The second-order valence-corrected chi connectivity index (χ2v) is 7.51. The van der Waals surface area contributed by atoms with Crippen molar-refractivity contribution in [3.63, 3.8) is 0 Å². The second kappa shape index (κ2) is 7.31. The van der Waals surface area contributed by atoms with Crippen LogP contribution in [0.2, 0.25) is 10.0 Å². The summed E-state index contributed by atoms with van der Waals surface area (Å²) in [6, 6.07) is 9.67. The topological polar surface area (TPSA) is 56.2 Å². The van der Waals surface area contributed by atoms with Crippen molar-refractivity contribution in [3.05, 3.63) is 64.0 Å². The van der Waals surface area contributed by atoms with Crippen LogP contribution in [-0.4, -0.2) is 19.8 Å². The van der Waals surface area contributed by atoms with E-state index in [0.29, 0.717) is 22.2 Å². The number of halogens is 5. The number of hydrogen-bond donors (Lipinski definition) is 0. The SMILES string of the molecule is FC(F)(F)c1cc(Cl)c2nnc(SCc3cc(-c4ccc(Cl)cc4)no3)n2c1. The van der Waals surface area contributed by atoms with Crippen LogP contribution in [0.25, 0.3) is 16.9 Å². The lowest BCUT2D eigenvalue weighted by Crippen LogP contribution is -2.07. The molecule has 1 aromatic carbocycles. The Morgan fingerprint density at radius 2 is 1.82 bits per heavy atom. The summed E-state index contributed by atoms with van der Waals surface area (Å²) in [5, 5.41) is 12.5. The van der Waals surface area contributed by atoms with Gasteiger partial charge in [-0.05, 0) is 18.2 Å². The van der Waals surface area contributed by atoms with Gasteiger partial charge in [0.25, 0.3) is 0 Å². The van der Waals surface area contributed by atoms with Gasteiger partial charge < -0.3 is 4.52 Å². The molecule has 0 spiro atoms. The van der Waals surface area contributed by atoms with Crippen LogP contribution in [0.3, 0.4) is 0 Å². The molecule has 0 fully saturated rings. The number of rotatable bonds is 4. The summed E-state index contributed by atoms with van der Waals surface area (Å²) in [4.78, 5) is 0. The van der Waals surface area contributed by atoms with Gasteiger partial charge in [-0.3, -0.25) is 4.40 Å². The van der Waals surface area contributed by atoms with Gasteiger partial charge in [-0.2, -0.15) is 13.2 Å². The lowest BCUT2D eigenvalue weighted by atomic mass is 10.1. The van der Waals surface area contributed by atoms with Crippen LogP contribution in [0.15, 0.2) is 52.3 Å². The smallest absolute Gasteiger partial charge is 0.360 e. The zero-order valence-electron chi connectivity index (χ0n) is 13.7. The maximum atomic E-state index is 13.0. The molecule has 0 unspecified atom stereocenters. The summed E-state index contributed by atoms with van der Waals surface area (Å²) in [7, 11) is 0. The summed E-state index contributed by atoms with van der Waals surface area (Å²) >= 11 is 12.9. The molecule has 11 heteroatoms. The first-order valence-electron chi connectivity index (χ1n) is 7.77. The largest absolute Gasteiger partial charge is 0.417 e. The molecule has 0 bridgehead atoms. The zero-order valence-corrected chi connectivity index (χ0v) is 16.1. The molecule has 0 aliphatic heterocycles. The van der Waals surface area contributed by atoms with Crippen LogP contribution in [-0.2, 0) is 11.9 Å². The van der Waals surface area contributed by atoms with Gasteiger partial charge in [0, 0.05) is 22.8 Å². The summed E-state index contributed by atoms with van der Waals surface area (Å²) < 4.78 is 45.6. The Labute approximate surface area is 170 Å². The normalized spacial score (nSPS) is 12.0. The number of hydrogen-bond acceptors (Lipinski definition) is 5. The average Bonchev–Trinajstić information content (AvgIpc) is 3.27. The molecular weight excluding hydrogens is 436 g/mol. The van der Waals surface area contributed by atoms with Crippen molar-refractivity contribution in [2.45, 2.75) is 17.1 Å². The molecule has 4 aromatic rings. The number of benzene rings is 1. The second-order valence-electron chi connectivity index (χ2n) is 5.72. The van der Waals surface area contributed by atoms with Crippen LogP contribution >= 0.6 is 35.0 Å². The summed E-state index contributed by atoms with van der Waals surface area (Å²) in [5.41, 5.74) is 0.729. The van der Waals surface area contributed by atoms with Gasteiger partial charge in [0.15, 0.2) is 10.8 Å². The van der Waals surface area contributed by atoms with E-state index in [1.807, 2.05) is 12.1 Å². The summed E-state index contributed by atoms with van der Waals surface area (Å²) in [6.07, 6.45) is -3.61. The van der Waals surface area contributed by atoms with Crippen LogP contribution in [0.4, 0.5) is 13.2 Å². The monoisotopic (exact) mass is 444 g/mol. The van der Waals surface area contributed by atoms with E-state index in [1.54, 1.807) is 18.2 Å². The molecule has 0 N–H and O–H groups in total. The third kappa shape index (κ3) is 3.82. The molecule has 0 saturated carbocycles. The van der Waals surface area contributed by atoms with Crippen LogP contribution in [0.5, 0.6) is 0 Å². The van der Waals surface area contributed by atoms with Crippen molar-refractivity contribution < 1.29 is 17.7 Å². The first-order chi connectivity index (χ1) is 13.3. The molecule has 0 saturated heterocycles. The number of pyridine rings is 1. The zero-order chi connectivity index (χ0) is 19.9. The Morgan fingerprint density at radius 3 is 2.54 bits per heavy atom. The fraction of sp³-hybridized carbons (Fsp3) is 0.118. The summed E-state index contributed by atoms with van der Waals surface area (Å²) in [5.74, 6) is 0.833. The highest BCUT2D eigenvalue weighted by Crippen LogP contribution is 2.34. The van der Waals surface area contributed by atoms with E-state index in [2.05, 4.69) is 15.4 Å². The van der Waals surface area contributed by atoms with E-state index >= 15 is 0 Å². The highest BCUT2D eigenvalue weighted by atomic mass is 35.5. The van der Waals surface area contributed by atoms with Crippen molar-refractivity contribution in [3.8, 4) is 11.3 Å². The number of aromatic nitrogens is 4. The lowest BCUT2D eigenvalue weighted by molar-refractivity contribution is -0.137. The van der Waals surface area contributed by atoms with Crippen molar-refractivity contribution in [2.24, 2.45) is 0 Å². The Morgan fingerprint density at radius 1 is 1.07 bits per heavy atom. The van der Waals surface area contributed by atoms with Gasteiger partial charge in [-0.15, -0.1) is 10.2 Å². The van der Waals surface area contributed by atoms with Crippen molar-refractivity contribution in [2.75, 3.05) is 0 Å². The highest BCUT2D eigenvalue weighted by Gasteiger charge is 2.32. The average molecular weight is 445 g/mol. The highest BCUT2D eigenvalue weighted by molar-refractivity contribution is 7.98. The van der Waals surface area contributed by atoms with Crippen molar-refractivity contribution in [1.82, 2.24) is 19.8 Å². The Hall–Kier alpha value is -2.23. The predicted octanol–water partition coefficient (Wildman–Crippen LogP) is 6.00. The van der Waals surface area contributed by atoms with E-state index in [1.165, 1.54) is 4.40 Å². The maximum absolute atomic E-state index is 13.0. The van der Waals surface area contributed by atoms with Gasteiger partial charge in [-0.1, -0.05) is 52.3 Å². The first kappa shape index (κ1) is 19.1. The van der Waals surface area contributed by atoms with Gasteiger partial charge in [0.1, 0.15) is 11.5 Å².